The van der Waals surface area contributed by atoms with E-state index in [-0.39, 0.29) is 11.8 Å². The van der Waals surface area contributed by atoms with Crippen LogP contribution in [0.4, 0.5) is 10.5 Å². The van der Waals surface area contributed by atoms with Crippen molar-refractivity contribution in [3.8, 4) is 0 Å². The molecule has 1 saturated heterocycles. The molecule has 1 atom stereocenters. The van der Waals surface area contributed by atoms with Gasteiger partial charge in [-0.2, -0.15) is 0 Å². The number of aryl methyl sites for hydroxylation is 2. The Hall–Kier alpha value is -2.71. The number of carbonyl (C=O) groups is 3. The van der Waals surface area contributed by atoms with Gasteiger partial charge in [-0.3, -0.25) is 24.7 Å². The van der Waals surface area contributed by atoms with E-state index in [1.165, 1.54) is 0 Å². The predicted octanol–water partition coefficient (Wildman–Crippen LogP) is 1.26. The maximum absolute atomic E-state index is 12.5. The van der Waals surface area contributed by atoms with Gasteiger partial charge in [-0.15, -0.1) is 6.58 Å². The second-order valence-electron chi connectivity index (χ2n) is 7.34. The molecule has 158 valence electrons. The Morgan fingerprint density at radius 3 is 2.48 bits per heavy atom. The van der Waals surface area contributed by atoms with Crippen LogP contribution in [0.1, 0.15) is 18.1 Å². The summed E-state index contributed by atoms with van der Waals surface area (Å²) in [6.45, 7) is 12.7. The molecule has 0 spiro atoms. The molecule has 1 aromatic rings. The Morgan fingerprint density at radius 1 is 1.17 bits per heavy atom. The first kappa shape index (κ1) is 22.6. The molecule has 2 rings (SSSR count). The van der Waals surface area contributed by atoms with Crippen molar-refractivity contribution in [2.75, 3.05) is 44.6 Å². The number of hydrogen-bond acceptors (Lipinski definition) is 5. The summed E-state index contributed by atoms with van der Waals surface area (Å²) in [5.74, 6) is -0.378. The number of hydrogen-bond donors (Lipinski definition) is 3. The molecule has 8 nitrogen and oxygen atoms in total. The standard InChI is InChI=1S/C21H31N5O3/c1-5-8-22-19(27)14-25-9-11-26(12-10-25)17(4)20(28)24-21(29)23-18-7-6-15(2)13-16(18)3/h5-7,13,17H,1,8-12,14H2,2-4H3,(H,22,27)(H2,23,24,28,29). The van der Waals surface area contributed by atoms with Crippen molar-refractivity contribution in [1.29, 1.82) is 0 Å². The summed E-state index contributed by atoms with van der Waals surface area (Å²) in [6.07, 6.45) is 1.65. The van der Waals surface area contributed by atoms with Crippen LogP contribution in [-0.4, -0.2) is 73.0 Å². The van der Waals surface area contributed by atoms with Gasteiger partial charge in [0.25, 0.3) is 0 Å². The average molecular weight is 402 g/mol. The minimum atomic E-state index is -0.536. The van der Waals surface area contributed by atoms with Gasteiger partial charge in [-0.25, -0.2) is 4.79 Å². The van der Waals surface area contributed by atoms with E-state index in [1.807, 2.05) is 41.8 Å². The van der Waals surface area contributed by atoms with E-state index in [2.05, 4.69) is 22.5 Å². The second-order valence-corrected chi connectivity index (χ2v) is 7.34. The summed E-state index contributed by atoms with van der Waals surface area (Å²) in [7, 11) is 0. The quantitative estimate of drug-likeness (QED) is 0.598. The maximum Gasteiger partial charge on any atom is 0.325 e. The number of imide groups is 1. The van der Waals surface area contributed by atoms with Crippen molar-refractivity contribution >= 4 is 23.5 Å². The largest absolute Gasteiger partial charge is 0.352 e. The Morgan fingerprint density at radius 2 is 1.86 bits per heavy atom. The number of benzene rings is 1. The van der Waals surface area contributed by atoms with E-state index in [0.717, 1.165) is 11.1 Å². The Labute approximate surface area is 172 Å². The molecule has 1 fully saturated rings. The van der Waals surface area contributed by atoms with Crippen molar-refractivity contribution < 1.29 is 14.4 Å². The zero-order chi connectivity index (χ0) is 21.4. The average Bonchev–Trinajstić information content (AvgIpc) is 2.68. The van der Waals surface area contributed by atoms with Crippen LogP contribution in [0.5, 0.6) is 0 Å². The number of nitrogens with zero attached hydrogens (tertiary/aromatic N) is 2. The minimum Gasteiger partial charge on any atom is -0.352 e. The number of piperazine rings is 1. The van der Waals surface area contributed by atoms with Crippen LogP contribution in [0.25, 0.3) is 0 Å². The number of nitrogens with one attached hydrogen (secondary N) is 3. The van der Waals surface area contributed by atoms with Gasteiger partial charge in [0.15, 0.2) is 0 Å². The summed E-state index contributed by atoms with van der Waals surface area (Å²) in [5.41, 5.74) is 2.72. The van der Waals surface area contributed by atoms with E-state index in [9.17, 15) is 14.4 Å². The molecular weight excluding hydrogens is 370 g/mol. The lowest BCUT2D eigenvalue weighted by Crippen LogP contribution is -2.55. The zero-order valence-electron chi connectivity index (χ0n) is 17.5. The molecule has 1 heterocycles. The van der Waals surface area contributed by atoms with Gasteiger partial charge < -0.3 is 10.6 Å². The van der Waals surface area contributed by atoms with Crippen molar-refractivity contribution in [1.82, 2.24) is 20.4 Å². The SMILES string of the molecule is C=CCNC(=O)CN1CCN(C(C)C(=O)NC(=O)Nc2ccc(C)cc2C)CC1. The normalized spacial score (nSPS) is 16.0. The fourth-order valence-electron chi connectivity index (χ4n) is 3.24. The molecule has 0 saturated carbocycles. The molecule has 0 bridgehead atoms. The Bertz CT molecular complexity index is 757. The van der Waals surface area contributed by atoms with Crippen LogP contribution in [0.15, 0.2) is 30.9 Å². The summed E-state index contributed by atoms with van der Waals surface area (Å²) < 4.78 is 0. The molecule has 1 aliphatic rings. The molecule has 3 N–H and O–H groups in total. The fraction of sp³-hybridized carbons (Fsp3) is 0.476. The molecule has 0 aromatic heterocycles. The number of carbonyl (C=O) groups excluding carboxylic acids is 3. The number of urea groups is 1. The third-order valence-electron chi connectivity index (χ3n) is 5.01. The monoisotopic (exact) mass is 401 g/mol. The molecule has 1 aliphatic heterocycles. The molecular formula is C21H31N5O3. The van der Waals surface area contributed by atoms with Crippen LogP contribution in [0.3, 0.4) is 0 Å². The van der Waals surface area contributed by atoms with Gasteiger partial charge in [0, 0.05) is 38.4 Å². The number of rotatable bonds is 7. The van der Waals surface area contributed by atoms with E-state index >= 15 is 0 Å². The summed E-state index contributed by atoms with van der Waals surface area (Å²) in [5, 5.41) is 7.90. The molecule has 4 amide bonds. The molecule has 0 radical (unpaired) electrons. The third-order valence-corrected chi connectivity index (χ3v) is 5.01. The Kier molecular flexibility index (Phi) is 8.35. The van der Waals surface area contributed by atoms with Gasteiger partial charge in [0.1, 0.15) is 0 Å². The second kappa shape index (κ2) is 10.7. The first-order chi connectivity index (χ1) is 13.8. The highest BCUT2D eigenvalue weighted by Crippen LogP contribution is 2.15. The lowest BCUT2D eigenvalue weighted by atomic mass is 10.1. The van der Waals surface area contributed by atoms with Gasteiger partial charge in [0.2, 0.25) is 11.8 Å². The lowest BCUT2D eigenvalue weighted by Gasteiger charge is -2.36. The zero-order valence-corrected chi connectivity index (χ0v) is 17.5. The number of anilines is 1. The Balaban J connectivity index is 1.78. The maximum atomic E-state index is 12.5. The van der Waals surface area contributed by atoms with E-state index in [1.54, 1.807) is 13.0 Å². The highest BCUT2D eigenvalue weighted by Gasteiger charge is 2.27. The van der Waals surface area contributed by atoms with Crippen LogP contribution in [-0.2, 0) is 9.59 Å². The smallest absolute Gasteiger partial charge is 0.325 e. The molecule has 29 heavy (non-hydrogen) atoms. The van der Waals surface area contributed by atoms with Gasteiger partial charge in [0.05, 0.1) is 12.6 Å². The first-order valence-corrected chi connectivity index (χ1v) is 9.83. The van der Waals surface area contributed by atoms with E-state index < -0.39 is 12.1 Å². The fourth-order valence-corrected chi connectivity index (χ4v) is 3.24. The van der Waals surface area contributed by atoms with E-state index in [4.69, 9.17) is 0 Å². The van der Waals surface area contributed by atoms with Gasteiger partial charge in [-0.05, 0) is 32.4 Å². The van der Waals surface area contributed by atoms with Gasteiger partial charge in [-0.1, -0.05) is 23.8 Å². The lowest BCUT2D eigenvalue weighted by molar-refractivity contribution is -0.127. The van der Waals surface area contributed by atoms with Crippen LogP contribution >= 0.6 is 0 Å². The first-order valence-electron chi connectivity index (χ1n) is 9.83. The topological polar surface area (TPSA) is 93.8 Å². The molecule has 1 aromatic carbocycles. The third kappa shape index (κ3) is 6.99. The van der Waals surface area contributed by atoms with E-state index in [0.29, 0.717) is 45.0 Å². The summed E-state index contributed by atoms with van der Waals surface area (Å²) in [6, 6.07) is 4.73. The van der Waals surface area contributed by atoms with Crippen molar-refractivity contribution in [2.45, 2.75) is 26.8 Å². The van der Waals surface area contributed by atoms with Gasteiger partial charge >= 0.3 is 6.03 Å². The predicted molar refractivity (Wildman–Crippen MR) is 114 cm³/mol. The highest BCUT2D eigenvalue weighted by molar-refractivity contribution is 6.03. The van der Waals surface area contributed by atoms with Crippen molar-refractivity contribution in [2.24, 2.45) is 0 Å². The minimum absolute atomic E-state index is 0.0350. The highest BCUT2D eigenvalue weighted by atomic mass is 16.2. The van der Waals surface area contributed by atoms with Crippen LogP contribution in [0, 0.1) is 13.8 Å². The molecule has 8 heteroatoms. The summed E-state index contributed by atoms with van der Waals surface area (Å²) in [4.78, 5) is 40.5. The van der Waals surface area contributed by atoms with Crippen molar-refractivity contribution in [3.05, 3.63) is 42.0 Å². The molecule has 1 unspecified atom stereocenters. The van der Waals surface area contributed by atoms with Crippen molar-refractivity contribution in [3.63, 3.8) is 0 Å². The van der Waals surface area contributed by atoms with Crippen LogP contribution < -0.4 is 16.0 Å². The summed E-state index contributed by atoms with van der Waals surface area (Å²) >= 11 is 0. The van der Waals surface area contributed by atoms with Crippen LogP contribution in [0.2, 0.25) is 0 Å². The molecule has 0 aliphatic carbocycles. The number of amides is 4.